The SMILES string of the molecule is CCN1C(=O)/C(=C/c2ccc(OCc3ccc(C(=O)O)o3)c(OC)c2)SC1=Nc1ccccc1. The number of ether oxygens (including phenoxy) is 2. The zero-order valence-corrected chi connectivity index (χ0v) is 19.4. The largest absolute Gasteiger partial charge is 0.493 e. The van der Waals surface area contributed by atoms with E-state index in [2.05, 4.69) is 4.99 Å². The van der Waals surface area contributed by atoms with E-state index in [4.69, 9.17) is 19.0 Å². The first-order valence-electron chi connectivity index (χ1n) is 10.5. The molecule has 34 heavy (non-hydrogen) atoms. The van der Waals surface area contributed by atoms with Crippen LogP contribution in [-0.4, -0.2) is 40.7 Å². The van der Waals surface area contributed by atoms with Gasteiger partial charge in [-0.05, 0) is 66.7 Å². The molecule has 0 bridgehead atoms. The van der Waals surface area contributed by atoms with Crippen LogP contribution in [0.2, 0.25) is 0 Å². The lowest BCUT2D eigenvalue weighted by Gasteiger charge is -2.12. The Balaban J connectivity index is 1.52. The number of aromatic carboxylic acids is 1. The number of likely N-dealkylation sites (N-methyl/N-ethyl adjacent to an activating group) is 1. The summed E-state index contributed by atoms with van der Waals surface area (Å²) in [6.07, 6.45) is 1.79. The van der Waals surface area contributed by atoms with Gasteiger partial charge in [-0.3, -0.25) is 9.69 Å². The van der Waals surface area contributed by atoms with Gasteiger partial charge in [0.05, 0.1) is 17.7 Å². The Hall–Kier alpha value is -3.98. The summed E-state index contributed by atoms with van der Waals surface area (Å²) in [7, 11) is 1.52. The molecule has 0 saturated carbocycles. The number of amidine groups is 1. The first-order chi connectivity index (χ1) is 16.5. The normalized spacial score (nSPS) is 15.8. The number of furan rings is 1. The van der Waals surface area contributed by atoms with E-state index in [0.717, 1.165) is 11.3 Å². The van der Waals surface area contributed by atoms with Crippen LogP contribution in [0.3, 0.4) is 0 Å². The Bertz CT molecular complexity index is 1270. The number of aliphatic imine (C=N–C) groups is 1. The average molecular weight is 479 g/mol. The Morgan fingerprint density at radius 2 is 1.94 bits per heavy atom. The molecule has 3 aromatic rings. The number of methoxy groups -OCH3 is 1. The highest BCUT2D eigenvalue weighted by Crippen LogP contribution is 2.36. The van der Waals surface area contributed by atoms with Crippen molar-refractivity contribution in [2.24, 2.45) is 4.99 Å². The van der Waals surface area contributed by atoms with Crippen LogP contribution in [0.15, 0.2) is 75.0 Å². The Morgan fingerprint density at radius 3 is 2.62 bits per heavy atom. The number of nitrogens with zero attached hydrogens (tertiary/aromatic N) is 2. The van der Waals surface area contributed by atoms with Gasteiger partial charge in [0, 0.05) is 6.54 Å². The van der Waals surface area contributed by atoms with Gasteiger partial charge in [0.2, 0.25) is 5.76 Å². The van der Waals surface area contributed by atoms with Crippen molar-refractivity contribution in [2.45, 2.75) is 13.5 Å². The maximum atomic E-state index is 12.9. The lowest BCUT2D eigenvalue weighted by Crippen LogP contribution is -2.28. The number of amides is 1. The van der Waals surface area contributed by atoms with E-state index in [1.165, 1.54) is 24.9 Å². The third-order valence-corrected chi connectivity index (χ3v) is 5.92. The number of carbonyl (C=O) groups is 2. The molecule has 1 aliphatic heterocycles. The molecule has 4 rings (SSSR count). The van der Waals surface area contributed by atoms with E-state index >= 15 is 0 Å². The Labute approximate surface area is 200 Å². The predicted molar refractivity (Wildman–Crippen MR) is 129 cm³/mol. The molecule has 0 spiro atoms. The molecule has 2 aromatic carbocycles. The van der Waals surface area contributed by atoms with Crippen LogP contribution < -0.4 is 9.47 Å². The fourth-order valence-corrected chi connectivity index (χ4v) is 4.31. The molecule has 1 aliphatic rings. The third-order valence-electron chi connectivity index (χ3n) is 4.91. The standard InChI is InChI=1S/C25H22N2O6S/c1-3-27-23(28)22(34-25(27)26-17-7-5-4-6-8-17)14-16-9-11-19(21(13-16)31-2)32-15-18-10-12-20(33-18)24(29)30/h4-14H,3,15H2,1-2H3,(H,29,30)/b22-14-,26-25?. The molecule has 1 N–H and O–H groups in total. The second-order valence-electron chi connectivity index (χ2n) is 7.16. The summed E-state index contributed by atoms with van der Waals surface area (Å²) < 4.78 is 16.4. The van der Waals surface area contributed by atoms with Gasteiger partial charge in [-0.2, -0.15) is 0 Å². The van der Waals surface area contributed by atoms with Crippen molar-refractivity contribution in [3.63, 3.8) is 0 Å². The van der Waals surface area contributed by atoms with E-state index in [0.29, 0.717) is 33.9 Å². The average Bonchev–Trinajstić information content (AvgIpc) is 3.43. The molecule has 8 nitrogen and oxygen atoms in total. The molecule has 0 radical (unpaired) electrons. The van der Waals surface area contributed by atoms with Crippen LogP contribution in [0.4, 0.5) is 5.69 Å². The summed E-state index contributed by atoms with van der Waals surface area (Å²) in [6.45, 7) is 2.47. The summed E-state index contributed by atoms with van der Waals surface area (Å²) in [5, 5.41) is 9.59. The van der Waals surface area contributed by atoms with Crippen LogP contribution in [0.1, 0.15) is 28.8 Å². The summed E-state index contributed by atoms with van der Waals surface area (Å²) in [4.78, 5) is 30.7. The minimum absolute atomic E-state index is 0.0448. The topological polar surface area (TPSA) is 102 Å². The molecule has 1 saturated heterocycles. The number of thioether (sulfide) groups is 1. The second-order valence-corrected chi connectivity index (χ2v) is 8.17. The smallest absolute Gasteiger partial charge is 0.371 e. The maximum Gasteiger partial charge on any atom is 0.371 e. The van der Waals surface area contributed by atoms with E-state index in [9.17, 15) is 9.59 Å². The van der Waals surface area contributed by atoms with Gasteiger partial charge < -0.3 is 19.0 Å². The molecule has 1 fully saturated rings. The Morgan fingerprint density at radius 1 is 1.15 bits per heavy atom. The van der Waals surface area contributed by atoms with E-state index in [-0.39, 0.29) is 18.3 Å². The van der Waals surface area contributed by atoms with Crippen LogP contribution in [0, 0.1) is 0 Å². The van der Waals surface area contributed by atoms with E-state index in [1.807, 2.05) is 43.3 Å². The van der Waals surface area contributed by atoms with E-state index in [1.54, 1.807) is 29.2 Å². The van der Waals surface area contributed by atoms with Crippen molar-refractivity contribution in [3.8, 4) is 11.5 Å². The molecular weight excluding hydrogens is 456 g/mol. The van der Waals surface area contributed by atoms with Gasteiger partial charge in [0.1, 0.15) is 12.4 Å². The zero-order chi connectivity index (χ0) is 24.1. The van der Waals surface area contributed by atoms with Gasteiger partial charge in [0.15, 0.2) is 16.7 Å². The number of carbonyl (C=O) groups excluding carboxylic acids is 1. The third kappa shape index (κ3) is 5.15. The highest BCUT2D eigenvalue weighted by atomic mass is 32.2. The minimum Gasteiger partial charge on any atom is -0.493 e. The predicted octanol–water partition coefficient (Wildman–Crippen LogP) is 5.19. The number of carboxylic acids is 1. The van der Waals surface area contributed by atoms with E-state index < -0.39 is 5.97 Å². The van der Waals surface area contributed by atoms with Crippen molar-refractivity contribution >= 4 is 40.6 Å². The number of para-hydroxylation sites is 1. The molecule has 9 heteroatoms. The maximum absolute atomic E-state index is 12.9. The zero-order valence-electron chi connectivity index (χ0n) is 18.6. The Kier molecular flexibility index (Phi) is 7.03. The fourth-order valence-electron chi connectivity index (χ4n) is 3.25. The number of carboxylic acid groups (broad SMARTS) is 1. The second kappa shape index (κ2) is 10.3. The van der Waals surface area contributed by atoms with Crippen molar-refractivity contribution < 1.29 is 28.6 Å². The van der Waals surface area contributed by atoms with Crippen LogP contribution in [-0.2, 0) is 11.4 Å². The first kappa shape index (κ1) is 23.2. The van der Waals surface area contributed by atoms with Crippen molar-refractivity contribution in [2.75, 3.05) is 13.7 Å². The molecular formula is C25H22N2O6S. The van der Waals surface area contributed by atoms with Gasteiger partial charge in [-0.15, -0.1) is 0 Å². The molecule has 0 atom stereocenters. The number of rotatable bonds is 8. The first-order valence-corrected chi connectivity index (χ1v) is 11.3. The summed E-state index contributed by atoms with van der Waals surface area (Å²) >= 11 is 1.33. The number of hydrogen-bond acceptors (Lipinski definition) is 7. The van der Waals surface area contributed by atoms with Crippen molar-refractivity contribution in [1.29, 1.82) is 0 Å². The summed E-state index contributed by atoms with van der Waals surface area (Å²) in [5.41, 5.74) is 1.55. The molecule has 2 heterocycles. The van der Waals surface area contributed by atoms with Crippen LogP contribution >= 0.6 is 11.8 Å². The highest BCUT2D eigenvalue weighted by molar-refractivity contribution is 8.18. The minimum atomic E-state index is -1.14. The monoisotopic (exact) mass is 478 g/mol. The summed E-state index contributed by atoms with van der Waals surface area (Å²) in [5.74, 6) is -0.0797. The molecule has 0 aliphatic carbocycles. The lowest BCUT2D eigenvalue weighted by molar-refractivity contribution is -0.122. The number of hydrogen-bond donors (Lipinski definition) is 1. The van der Waals surface area contributed by atoms with Gasteiger partial charge in [0.25, 0.3) is 5.91 Å². The molecule has 0 unspecified atom stereocenters. The molecule has 1 amide bonds. The van der Waals surface area contributed by atoms with Crippen molar-refractivity contribution in [3.05, 3.63) is 82.7 Å². The lowest BCUT2D eigenvalue weighted by atomic mass is 10.2. The van der Waals surface area contributed by atoms with Crippen molar-refractivity contribution in [1.82, 2.24) is 4.90 Å². The number of benzene rings is 2. The van der Waals surface area contributed by atoms with Crippen LogP contribution in [0.5, 0.6) is 11.5 Å². The fraction of sp³-hybridized carbons (Fsp3) is 0.160. The quantitative estimate of drug-likeness (QED) is 0.445. The highest BCUT2D eigenvalue weighted by Gasteiger charge is 2.32. The molecule has 174 valence electrons. The van der Waals surface area contributed by atoms with Crippen LogP contribution in [0.25, 0.3) is 6.08 Å². The summed E-state index contributed by atoms with van der Waals surface area (Å²) in [6, 6.07) is 17.7. The van der Waals surface area contributed by atoms with Gasteiger partial charge in [-0.25, -0.2) is 9.79 Å². The molecule has 1 aromatic heterocycles. The van der Waals surface area contributed by atoms with Gasteiger partial charge >= 0.3 is 5.97 Å². The van der Waals surface area contributed by atoms with Gasteiger partial charge in [-0.1, -0.05) is 24.3 Å².